The molecule has 0 saturated carbocycles. The molecule has 0 saturated heterocycles. The molecule has 0 spiro atoms. The average molecular weight is 276 g/mol. The quantitative estimate of drug-likeness (QED) is 0.734. The molecule has 0 amide bonds. The van der Waals surface area contributed by atoms with Gasteiger partial charge in [0, 0.05) is 26.2 Å². The summed E-state index contributed by atoms with van der Waals surface area (Å²) in [7, 11) is 0. The molecule has 1 aromatic rings. The van der Waals surface area contributed by atoms with Crippen molar-refractivity contribution in [3.05, 3.63) is 29.0 Å². The van der Waals surface area contributed by atoms with Gasteiger partial charge in [0.05, 0.1) is 10.7 Å². The second-order valence-corrected chi connectivity index (χ2v) is 4.09. The monoisotopic (exact) mass is 275 g/mol. The largest absolute Gasteiger partial charge is 0.384 e. The van der Waals surface area contributed by atoms with E-state index >= 15 is 0 Å². The zero-order valence-corrected chi connectivity index (χ0v) is 11.5. The Morgan fingerprint density at radius 3 is 2.50 bits per heavy atom. The van der Waals surface area contributed by atoms with Crippen LogP contribution in [0.4, 0.5) is 10.1 Å². The molecule has 0 aliphatic carbocycles. The highest BCUT2D eigenvalue weighted by Crippen LogP contribution is 2.22. The number of hydrogen-bond acceptors (Lipinski definition) is 3. The number of nitrogens with one attached hydrogen (secondary N) is 1. The molecule has 5 heteroatoms. The summed E-state index contributed by atoms with van der Waals surface area (Å²) in [6, 6.07) is 4.28. The molecular weight excluding hydrogens is 257 g/mol. The first kappa shape index (κ1) is 15.2. The fourth-order valence-electron chi connectivity index (χ4n) is 1.54. The minimum Gasteiger partial charge on any atom is -0.384 e. The summed E-state index contributed by atoms with van der Waals surface area (Å²) in [5, 5.41) is 3.50. The van der Waals surface area contributed by atoms with Gasteiger partial charge in [0.1, 0.15) is 5.82 Å². The molecule has 102 valence electrons. The fraction of sp³-hybridized carbons (Fsp3) is 0.538. The van der Waals surface area contributed by atoms with E-state index in [4.69, 9.17) is 21.1 Å². The molecule has 0 heterocycles. The number of benzene rings is 1. The van der Waals surface area contributed by atoms with E-state index in [9.17, 15) is 4.39 Å². The van der Waals surface area contributed by atoms with Gasteiger partial charge in [-0.2, -0.15) is 0 Å². The van der Waals surface area contributed by atoms with Crippen LogP contribution in [-0.2, 0) is 9.47 Å². The Hall–Kier alpha value is -0.840. The van der Waals surface area contributed by atoms with E-state index in [1.54, 1.807) is 6.07 Å². The Balaban J connectivity index is 2.39. The third-order valence-corrected chi connectivity index (χ3v) is 2.64. The summed E-state index contributed by atoms with van der Waals surface area (Å²) in [5.41, 5.74) is 0.713. The van der Waals surface area contributed by atoms with Gasteiger partial charge < -0.3 is 14.8 Å². The molecule has 0 aliphatic rings. The molecule has 0 bridgehead atoms. The molecule has 1 aromatic carbocycles. The van der Waals surface area contributed by atoms with Gasteiger partial charge in [0.15, 0.2) is 6.29 Å². The zero-order chi connectivity index (χ0) is 13.4. The standard InChI is InChI=1S/C13H19ClFNO2/c1-3-17-13(18-4-2)7-8-16-12-6-5-10(15)9-11(12)14/h5-6,9,13,16H,3-4,7-8H2,1-2H3. The molecule has 1 rings (SSSR count). The molecule has 1 N–H and O–H groups in total. The summed E-state index contributed by atoms with van der Waals surface area (Å²) in [6.07, 6.45) is 0.488. The summed E-state index contributed by atoms with van der Waals surface area (Å²) in [4.78, 5) is 0. The number of anilines is 1. The summed E-state index contributed by atoms with van der Waals surface area (Å²) < 4.78 is 23.7. The first-order chi connectivity index (χ1) is 8.67. The second-order valence-electron chi connectivity index (χ2n) is 3.68. The number of ether oxygens (including phenoxy) is 2. The van der Waals surface area contributed by atoms with Crippen molar-refractivity contribution in [3.8, 4) is 0 Å². The molecule has 0 aromatic heterocycles. The predicted octanol–water partition coefficient (Wildman–Crippen LogP) is 3.68. The van der Waals surface area contributed by atoms with Crippen molar-refractivity contribution in [3.63, 3.8) is 0 Å². The molecule has 0 fully saturated rings. The van der Waals surface area contributed by atoms with Gasteiger partial charge >= 0.3 is 0 Å². The van der Waals surface area contributed by atoms with E-state index in [1.165, 1.54) is 12.1 Å². The Morgan fingerprint density at radius 2 is 1.94 bits per heavy atom. The Kier molecular flexibility index (Phi) is 7.01. The van der Waals surface area contributed by atoms with Crippen molar-refractivity contribution in [1.82, 2.24) is 0 Å². The Morgan fingerprint density at radius 1 is 1.28 bits per heavy atom. The molecule has 0 aliphatic heterocycles. The number of rotatable bonds is 8. The SMILES string of the molecule is CCOC(CCNc1ccc(F)cc1Cl)OCC. The van der Waals surface area contributed by atoms with Gasteiger partial charge in [0.25, 0.3) is 0 Å². The highest BCUT2D eigenvalue weighted by atomic mass is 35.5. The Labute approximate surface area is 112 Å². The van der Waals surface area contributed by atoms with Crippen molar-refractivity contribution in [1.29, 1.82) is 0 Å². The van der Waals surface area contributed by atoms with E-state index in [1.807, 2.05) is 13.8 Å². The summed E-state index contributed by atoms with van der Waals surface area (Å²) in [6.45, 7) is 5.73. The van der Waals surface area contributed by atoms with E-state index in [0.29, 0.717) is 36.9 Å². The number of hydrogen-bond donors (Lipinski definition) is 1. The molecular formula is C13H19ClFNO2. The summed E-state index contributed by atoms with van der Waals surface area (Å²) in [5.74, 6) is -0.341. The maximum absolute atomic E-state index is 12.8. The molecule has 18 heavy (non-hydrogen) atoms. The van der Waals surface area contributed by atoms with Crippen molar-refractivity contribution >= 4 is 17.3 Å². The van der Waals surface area contributed by atoms with E-state index in [-0.39, 0.29) is 12.1 Å². The van der Waals surface area contributed by atoms with Crippen LogP contribution in [0, 0.1) is 5.82 Å². The lowest BCUT2D eigenvalue weighted by molar-refractivity contribution is -0.137. The van der Waals surface area contributed by atoms with E-state index in [0.717, 1.165) is 0 Å². The van der Waals surface area contributed by atoms with Crippen LogP contribution in [0.5, 0.6) is 0 Å². The lowest BCUT2D eigenvalue weighted by Crippen LogP contribution is -2.21. The minimum absolute atomic E-state index is 0.216. The Bertz CT molecular complexity index is 357. The minimum atomic E-state index is -0.341. The lowest BCUT2D eigenvalue weighted by atomic mass is 10.3. The molecule has 0 unspecified atom stereocenters. The van der Waals surface area contributed by atoms with Gasteiger partial charge in [0.2, 0.25) is 0 Å². The van der Waals surface area contributed by atoms with Crippen LogP contribution in [0.3, 0.4) is 0 Å². The first-order valence-electron chi connectivity index (χ1n) is 6.09. The number of halogens is 2. The van der Waals surface area contributed by atoms with Crippen molar-refractivity contribution < 1.29 is 13.9 Å². The molecule has 0 radical (unpaired) electrons. The molecule has 3 nitrogen and oxygen atoms in total. The third-order valence-electron chi connectivity index (χ3n) is 2.33. The lowest BCUT2D eigenvalue weighted by Gasteiger charge is -2.17. The van der Waals surface area contributed by atoms with Crippen LogP contribution >= 0.6 is 11.6 Å². The highest BCUT2D eigenvalue weighted by Gasteiger charge is 2.08. The van der Waals surface area contributed by atoms with Gasteiger partial charge in [-0.25, -0.2) is 4.39 Å². The van der Waals surface area contributed by atoms with Crippen LogP contribution < -0.4 is 5.32 Å². The maximum atomic E-state index is 12.8. The fourth-order valence-corrected chi connectivity index (χ4v) is 1.78. The van der Waals surface area contributed by atoms with E-state index < -0.39 is 0 Å². The third kappa shape index (κ3) is 5.21. The molecule has 0 atom stereocenters. The van der Waals surface area contributed by atoms with E-state index in [2.05, 4.69) is 5.32 Å². The smallest absolute Gasteiger partial charge is 0.159 e. The zero-order valence-electron chi connectivity index (χ0n) is 10.7. The van der Waals surface area contributed by atoms with Gasteiger partial charge in [-0.1, -0.05) is 11.6 Å². The van der Waals surface area contributed by atoms with Crippen LogP contribution in [0.2, 0.25) is 5.02 Å². The van der Waals surface area contributed by atoms with Crippen molar-refractivity contribution in [2.75, 3.05) is 25.1 Å². The van der Waals surface area contributed by atoms with Crippen LogP contribution in [0.15, 0.2) is 18.2 Å². The summed E-state index contributed by atoms with van der Waals surface area (Å²) >= 11 is 5.90. The van der Waals surface area contributed by atoms with Crippen LogP contribution in [-0.4, -0.2) is 26.0 Å². The predicted molar refractivity (Wildman–Crippen MR) is 71.6 cm³/mol. The second kappa shape index (κ2) is 8.29. The van der Waals surface area contributed by atoms with Gasteiger partial charge in [-0.15, -0.1) is 0 Å². The topological polar surface area (TPSA) is 30.5 Å². The van der Waals surface area contributed by atoms with Crippen molar-refractivity contribution in [2.45, 2.75) is 26.6 Å². The average Bonchev–Trinajstić information content (AvgIpc) is 2.32. The van der Waals surface area contributed by atoms with Crippen molar-refractivity contribution in [2.24, 2.45) is 0 Å². The first-order valence-corrected chi connectivity index (χ1v) is 6.47. The maximum Gasteiger partial charge on any atom is 0.159 e. The highest BCUT2D eigenvalue weighted by molar-refractivity contribution is 6.33. The van der Waals surface area contributed by atoms with Gasteiger partial charge in [-0.3, -0.25) is 0 Å². The normalized spacial score (nSPS) is 10.9. The van der Waals surface area contributed by atoms with Crippen LogP contribution in [0.1, 0.15) is 20.3 Å². The van der Waals surface area contributed by atoms with Gasteiger partial charge in [-0.05, 0) is 32.0 Å². The van der Waals surface area contributed by atoms with Crippen LogP contribution in [0.25, 0.3) is 0 Å².